The minimum Gasteiger partial charge on any atom is -0.335 e. The van der Waals surface area contributed by atoms with Gasteiger partial charge >= 0.3 is 6.03 Å². The molecule has 1 atom stereocenters. The van der Waals surface area contributed by atoms with Crippen molar-refractivity contribution >= 4 is 23.5 Å². The van der Waals surface area contributed by atoms with E-state index in [-0.39, 0.29) is 30.4 Å². The van der Waals surface area contributed by atoms with Crippen LogP contribution in [0.25, 0.3) is 0 Å². The van der Waals surface area contributed by atoms with E-state index in [4.69, 9.17) is 0 Å². The van der Waals surface area contributed by atoms with E-state index in [0.29, 0.717) is 31.9 Å². The normalized spacial score (nSPS) is 18.9. The molecule has 0 spiro atoms. The van der Waals surface area contributed by atoms with E-state index in [1.807, 2.05) is 9.80 Å². The van der Waals surface area contributed by atoms with Gasteiger partial charge in [0, 0.05) is 37.9 Å². The van der Waals surface area contributed by atoms with Crippen molar-refractivity contribution in [3.8, 4) is 0 Å². The molecule has 28 heavy (non-hydrogen) atoms. The van der Waals surface area contributed by atoms with Crippen LogP contribution in [0.1, 0.15) is 19.8 Å². The van der Waals surface area contributed by atoms with E-state index >= 15 is 0 Å². The molecule has 1 aromatic rings. The number of carbonyl (C=O) groups is 3. The third kappa shape index (κ3) is 6.00. The first kappa shape index (κ1) is 20.2. The van der Waals surface area contributed by atoms with Crippen LogP contribution in [-0.2, 0) is 9.59 Å². The molecule has 3 N–H and O–H groups in total. The van der Waals surface area contributed by atoms with Crippen molar-refractivity contribution in [1.82, 2.24) is 20.4 Å². The molecule has 1 aromatic carbocycles. The molecular weight excluding hydrogens is 365 g/mol. The van der Waals surface area contributed by atoms with E-state index in [1.54, 1.807) is 19.1 Å². The van der Waals surface area contributed by atoms with Gasteiger partial charge in [0.25, 0.3) is 0 Å². The van der Waals surface area contributed by atoms with Gasteiger partial charge < -0.3 is 10.6 Å². The summed E-state index contributed by atoms with van der Waals surface area (Å²) in [5, 5.41) is 7.78. The zero-order valence-corrected chi connectivity index (χ0v) is 15.9. The molecule has 0 aromatic heterocycles. The summed E-state index contributed by atoms with van der Waals surface area (Å²) in [6.07, 6.45) is 1.93. The van der Waals surface area contributed by atoms with Crippen molar-refractivity contribution in [2.75, 3.05) is 38.0 Å². The molecule has 2 fully saturated rings. The Hall–Kier alpha value is -2.52. The molecule has 2 aliphatic rings. The number of amides is 4. The van der Waals surface area contributed by atoms with Crippen molar-refractivity contribution in [1.29, 1.82) is 0 Å². The third-order valence-corrected chi connectivity index (χ3v) is 4.96. The van der Waals surface area contributed by atoms with Gasteiger partial charge in [0.15, 0.2) is 0 Å². The predicted molar refractivity (Wildman–Crippen MR) is 102 cm³/mol. The number of urea groups is 1. The van der Waals surface area contributed by atoms with Crippen LogP contribution < -0.4 is 16.0 Å². The first-order valence-electron chi connectivity index (χ1n) is 9.54. The van der Waals surface area contributed by atoms with Crippen LogP contribution >= 0.6 is 0 Å². The van der Waals surface area contributed by atoms with E-state index in [9.17, 15) is 18.8 Å². The van der Waals surface area contributed by atoms with Crippen molar-refractivity contribution in [3.63, 3.8) is 0 Å². The van der Waals surface area contributed by atoms with E-state index in [2.05, 4.69) is 16.0 Å². The first-order chi connectivity index (χ1) is 13.4. The van der Waals surface area contributed by atoms with Crippen molar-refractivity contribution in [3.05, 3.63) is 30.1 Å². The van der Waals surface area contributed by atoms with Crippen LogP contribution in [0.3, 0.4) is 0 Å². The molecule has 4 amide bonds. The number of nitrogens with one attached hydrogen (secondary N) is 3. The second-order valence-electron chi connectivity index (χ2n) is 7.28. The Morgan fingerprint density at radius 1 is 1.18 bits per heavy atom. The molecule has 1 aliphatic heterocycles. The first-order valence-corrected chi connectivity index (χ1v) is 9.54. The Morgan fingerprint density at radius 3 is 2.54 bits per heavy atom. The lowest BCUT2D eigenvalue weighted by molar-refractivity contribution is -0.124. The summed E-state index contributed by atoms with van der Waals surface area (Å²) in [5.41, 5.74) is 0.427. The van der Waals surface area contributed by atoms with Crippen LogP contribution in [0.4, 0.5) is 14.9 Å². The maximum absolute atomic E-state index is 13.2. The summed E-state index contributed by atoms with van der Waals surface area (Å²) in [6, 6.07) is 5.19. The van der Waals surface area contributed by atoms with Crippen molar-refractivity contribution in [2.24, 2.45) is 0 Å². The summed E-state index contributed by atoms with van der Waals surface area (Å²) in [5.74, 6) is -0.930. The van der Waals surface area contributed by atoms with Crippen molar-refractivity contribution in [2.45, 2.75) is 31.8 Å². The highest BCUT2D eigenvalue weighted by Crippen LogP contribution is 2.18. The molecule has 1 unspecified atom stereocenters. The van der Waals surface area contributed by atoms with Gasteiger partial charge in [0.1, 0.15) is 5.82 Å². The molecule has 0 bridgehead atoms. The van der Waals surface area contributed by atoms with E-state index < -0.39 is 11.8 Å². The number of rotatable bonds is 6. The third-order valence-electron chi connectivity index (χ3n) is 4.96. The number of hydrogen-bond acceptors (Lipinski definition) is 5. The van der Waals surface area contributed by atoms with Crippen molar-refractivity contribution < 1.29 is 18.8 Å². The average molecular weight is 391 g/mol. The molecule has 152 valence electrons. The molecule has 1 aliphatic carbocycles. The zero-order valence-electron chi connectivity index (χ0n) is 15.9. The predicted octanol–water partition coefficient (Wildman–Crippen LogP) is 0.759. The molecule has 9 heteroatoms. The van der Waals surface area contributed by atoms with Gasteiger partial charge in [-0.1, -0.05) is 6.07 Å². The maximum Gasteiger partial charge on any atom is 0.321 e. The SMILES string of the molecule is CC(C(=O)Nc1cccc(F)c1)N1CCN(CC(=O)NC(=O)NC2CC2)CC1. The smallest absolute Gasteiger partial charge is 0.321 e. The number of piperazine rings is 1. The summed E-state index contributed by atoms with van der Waals surface area (Å²) in [7, 11) is 0. The monoisotopic (exact) mass is 391 g/mol. The van der Waals surface area contributed by atoms with Gasteiger partial charge in [-0.2, -0.15) is 0 Å². The average Bonchev–Trinajstić information content (AvgIpc) is 3.45. The van der Waals surface area contributed by atoms with Gasteiger partial charge in [-0.25, -0.2) is 9.18 Å². The lowest BCUT2D eigenvalue weighted by atomic mass is 10.2. The van der Waals surface area contributed by atoms with E-state index in [0.717, 1.165) is 12.8 Å². The van der Waals surface area contributed by atoms with Crippen LogP contribution in [0.5, 0.6) is 0 Å². The van der Waals surface area contributed by atoms with Gasteiger partial charge in [-0.3, -0.25) is 24.7 Å². The Kier molecular flexibility index (Phi) is 6.58. The van der Waals surface area contributed by atoms with Crippen LogP contribution in [0.2, 0.25) is 0 Å². The van der Waals surface area contributed by atoms with Crippen LogP contribution in [0.15, 0.2) is 24.3 Å². The Labute approximate surface area is 163 Å². The summed E-state index contributed by atoms with van der Waals surface area (Å²) in [4.78, 5) is 39.9. The minimum absolute atomic E-state index is 0.149. The summed E-state index contributed by atoms with van der Waals surface area (Å²) in [6.45, 7) is 4.44. The number of halogens is 1. The number of carbonyl (C=O) groups excluding carboxylic acids is 3. The summed E-state index contributed by atoms with van der Waals surface area (Å²) >= 11 is 0. The highest BCUT2D eigenvalue weighted by Gasteiger charge is 2.27. The maximum atomic E-state index is 13.2. The topological polar surface area (TPSA) is 93.8 Å². The van der Waals surface area contributed by atoms with Gasteiger partial charge in [-0.15, -0.1) is 0 Å². The highest BCUT2D eigenvalue weighted by molar-refractivity contribution is 5.95. The molecule has 1 saturated heterocycles. The Balaban J connectivity index is 1.39. The van der Waals surface area contributed by atoms with Gasteiger partial charge in [-0.05, 0) is 38.0 Å². The second-order valence-corrected chi connectivity index (χ2v) is 7.28. The second kappa shape index (κ2) is 9.11. The van der Waals surface area contributed by atoms with Gasteiger partial charge in [0.2, 0.25) is 11.8 Å². The van der Waals surface area contributed by atoms with Crippen LogP contribution in [0, 0.1) is 5.82 Å². The Bertz CT molecular complexity index is 732. The molecular formula is C19H26FN5O3. The highest BCUT2D eigenvalue weighted by atomic mass is 19.1. The Morgan fingerprint density at radius 2 is 1.89 bits per heavy atom. The number of imide groups is 1. The quantitative estimate of drug-likeness (QED) is 0.666. The fraction of sp³-hybridized carbons (Fsp3) is 0.526. The molecule has 1 saturated carbocycles. The van der Waals surface area contributed by atoms with Gasteiger partial charge in [0.05, 0.1) is 12.6 Å². The number of nitrogens with zero attached hydrogens (tertiary/aromatic N) is 2. The zero-order chi connectivity index (χ0) is 20.1. The lowest BCUT2D eigenvalue weighted by Gasteiger charge is -2.37. The number of benzene rings is 1. The molecule has 1 heterocycles. The number of anilines is 1. The standard InChI is InChI=1S/C19H26FN5O3/c1-13(18(27)21-16-4-2-3-14(20)11-16)25-9-7-24(8-10-25)12-17(26)23-19(28)22-15-5-6-15/h2-4,11,13,15H,5-10,12H2,1H3,(H,21,27)(H2,22,23,26,28). The number of hydrogen-bond donors (Lipinski definition) is 3. The fourth-order valence-electron chi connectivity index (χ4n) is 3.11. The molecule has 0 radical (unpaired) electrons. The largest absolute Gasteiger partial charge is 0.335 e. The van der Waals surface area contributed by atoms with E-state index in [1.165, 1.54) is 12.1 Å². The minimum atomic E-state index is -0.436. The lowest BCUT2D eigenvalue weighted by Crippen LogP contribution is -2.54. The van der Waals surface area contributed by atoms with Crippen LogP contribution in [-0.4, -0.2) is 72.5 Å². The molecule has 3 rings (SSSR count). The fourth-order valence-corrected chi connectivity index (χ4v) is 3.11. The molecule has 8 nitrogen and oxygen atoms in total. The summed E-state index contributed by atoms with van der Waals surface area (Å²) < 4.78 is 13.2.